The van der Waals surface area contributed by atoms with Crippen molar-refractivity contribution in [2.24, 2.45) is 0 Å². The molecule has 0 amide bonds. The fourth-order valence-corrected chi connectivity index (χ4v) is 3.08. The Hall–Kier alpha value is -3.55. The van der Waals surface area contributed by atoms with E-state index in [1.54, 1.807) is 23.8 Å². The second-order valence-electron chi connectivity index (χ2n) is 5.92. The quantitative estimate of drug-likeness (QED) is 0.516. The normalized spacial score (nSPS) is 11.2. The topological polar surface area (TPSA) is 91.4 Å². The van der Waals surface area contributed by atoms with Gasteiger partial charge < -0.3 is 4.74 Å². The Morgan fingerprint density at radius 2 is 1.96 bits per heavy atom. The molecule has 0 aliphatic rings. The van der Waals surface area contributed by atoms with E-state index in [0.717, 1.165) is 17.7 Å². The Kier molecular flexibility index (Phi) is 4.15. The first-order chi connectivity index (χ1) is 13.2. The second-order valence-corrected chi connectivity index (χ2v) is 5.92. The zero-order valence-electron chi connectivity index (χ0n) is 14.9. The van der Waals surface area contributed by atoms with E-state index in [1.807, 2.05) is 31.2 Å². The third kappa shape index (κ3) is 2.66. The summed E-state index contributed by atoms with van der Waals surface area (Å²) in [6.07, 6.45) is 3.86. The number of hydrogen-bond acceptors (Lipinski definition) is 6. The number of carbonyl (C=O) groups is 1. The number of pyridine rings is 1. The summed E-state index contributed by atoms with van der Waals surface area (Å²) in [5.41, 5.74) is 2.69. The number of fused-ring (bicyclic) bond motifs is 3. The lowest BCUT2D eigenvalue weighted by Crippen LogP contribution is -2.21. The Labute approximate surface area is 154 Å². The average molecular weight is 363 g/mol. The van der Waals surface area contributed by atoms with Gasteiger partial charge in [-0.05, 0) is 31.0 Å². The molecule has 3 aromatic heterocycles. The number of rotatable bonds is 4. The van der Waals surface area contributed by atoms with Gasteiger partial charge in [-0.3, -0.25) is 9.36 Å². The molecule has 8 heteroatoms. The molecule has 4 aromatic rings. The zero-order chi connectivity index (χ0) is 19.0. The maximum Gasteiger partial charge on any atom is 0.343 e. The van der Waals surface area contributed by atoms with Crippen molar-refractivity contribution < 1.29 is 9.53 Å². The molecule has 0 saturated heterocycles. The zero-order valence-corrected chi connectivity index (χ0v) is 14.9. The lowest BCUT2D eigenvalue weighted by Gasteiger charge is -2.11. The van der Waals surface area contributed by atoms with E-state index in [2.05, 4.69) is 15.3 Å². The first-order valence-electron chi connectivity index (χ1n) is 8.66. The molecule has 4 rings (SSSR count). The average Bonchev–Trinajstić information content (AvgIpc) is 3.13. The minimum absolute atomic E-state index is 0.175. The molecule has 27 heavy (non-hydrogen) atoms. The van der Waals surface area contributed by atoms with E-state index in [9.17, 15) is 9.59 Å². The summed E-state index contributed by atoms with van der Waals surface area (Å²) < 4.78 is 8.00. The highest BCUT2D eigenvalue weighted by atomic mass is 16.5. The highest BCUT2D eigenvalue weighted by Crippen LogP contribution is 2.17. The van der Waals surface area contributed by atoms with Gasteiger partial charge in [0, 0.05) is 6.20 Å². The monoisotopic (exact) mass is 363 g/mol. The highest BCUT2D eigenvalue weighted by molar-refractivity contribution is 5.96. The van der Waals surface area contributed by atoms with Gasteiger partial charge in [-0.2, -0.15) is 5.10 Å². The van der Waals surface area contributed by atoms with E-state index < -0.39 is 5.97 Å². The maximum atomic E-state index is 13.0. The molecule has 0 bridgehead atoms. The third-order valence-electron chi connectivity index (χ3n) is 4.39. The number of benzene rings is 1. The molecule has 0 aliphatic heterocycles. The van der Waals surface area contributed by atoms with Gasteiger partial charge in [0.05, 0.1) is 18.5 Å². The van der Waals surface area contributed by atoms with Gasteiger partial charge in [0.25, 0.3) is 5.56 Å². The number of para-hydroxylation sites is 1. The highest BCUT2D eigenvalue weighted by Gasteiger charge is 2.19. The van der Waals surface area contributed by atoms with E-state index in [4.69, 9.17) is 4.74 Å². The molecule has 0 N–H and O–H groups in total. The van der Waals surface area contributed by atoms with Gasteiger partial charge in [0.1, 0.15) is 11.1 Å². The Balaban J connectivity index is 1.94. The van der Waals surface area contributed by atoms with Crippen LogP contribution in [0.1, 0.15) is 29.8 Å². The molecule has 0 spiro atoms. The summed E-state index contributed by atoms with van der Waals surface area (Å²) in [5.74, 6) is -0.522. The van der Waals surface area contributed by atoms with Crippen LogP contribution in [-0.2, 0) is 11.2 Å². The lowest BCUT2D eigenvalue weighted by molar-refractivity contribution is 0.0528. The number of aromatic nitrogens is 5. The number of aryl methyl sites for hydroxylation is 1. The van der Waals surface area contributed by atoms with Crippen LogP contribution in [0.25, 0.3) is 22.4 Å². The fourth-order valence-electron chi connectivity index (χ4n) is 3.08. The first kappa shape index (κ1) is 16.9. The van der Waals surface area contributed by atoms with Crippen LogP contribution in [0.15, 0.2) is 47.5 Å². The number of esters is 1. The van der Waals surface area contributed by atoms with Crippen LogP contribution in [0.3, 0.4) is 0 Å². The van der Waals surface area contributed by atoms with Gasteiger partial charge >= 0.3 is 5.97 Å². The molecule has 0 aliphatic carbocycles. The minimum atomic E-state index is -0.522. The third-order valence-corrected chi connectivity index (χ3v) is 4.39. The van der Waals surface area contributed by atoms with Crippen LogP contribution < -0.4 is 5.56 Å². The van der Waals surface area contributed by atoms with Gasteiger partial charge in [-0.1, -0.05) is 25.1 Å². The van der Waals surface area contributed by atoms with Crippen molar-refractivity contribution >= 4 is 22.6 Å². The molecule has 0 fully saturated rings. The van der Waals surface area contributed by atoms with E-state index >= 15 is 0 Å². The molecular formula is C19H17N5O3. The molecule has 0 radical (unpaired) electrons. The summed E-state index contributed by atoms with van der Waals surface area (Å²) in [6, 6.07) is 9.45. The molecule has 136 valence electrons. The predicted octanol–water partition coefficient (Wildman–Crippen LogP) is 2.17. The Morgan fingerprint density at radius 1 is 1.15 bits per heavy atom. The van der Waals surface area contributed by atoms with Gasteiger partial charge in [-0.25, -0.2) is 9.31 Å². The SMILES string of the molecule is CCOC(=O)c1cnn2c1nnc1c(=O)n(-c3ccccc3CC)ccc12. The van der Waals surface area contributed by atoms with Crippen LogP contribution in [0.2, 0.25) is 0 Å². The number of nitrogens with zero attached hydrogens (tertiary/aromatic N) is 5. The van der Waals surface area contributed by atoms with E-state index in [0.29, 0.717) is 5.52 Å². The molecule has 0 atom stereocenters. The van der Waals surface area contributed by atoms with E-state index in [1.165, 1.54) is 10.7 Å². The molecule has 0 unspecified atom stereocenters. The smallest absolute Gasteiger partial charge is 0.343 e. The van der Waals surface area contributed by atoms with Crippen molar-refractivity contribution in [2.45, 2.75) is 20.3 Å². The number of carbonyl (C=O) groups excluding carboxylic acids is 1. The van der Waals surface area contributed by atoms with Crippen molar-refractivity contribution in [2.75, 3.05) is 6.61 Å². The standard InChI is InChI=1S/C19H17N5O3/c1-3-12-7-5-6-8-14(12)23-10-9-15-16(18(23)25)21-22-17-13(11-20-24(15)17)19(26)27-4-2/h5-11H,3-4H2,1-2H3. The maximum absolute atomic E-state index is 13.0. The largest absolute Gasteiger partial charge is 0.462 e. The van der Waals surface area contributed by atoms with Crippen LogP contribution in [0, 0.1) is 0 Å². The van der Waals surface area contributed by atoms with Crippen LogP contribution >= 0.6 is 0 Å². The summed E-state index contributed by atoms with van der Waals surface area (Å²) >= 11 is 0. The molecule has 3 heterocycles. The van der Waals surface area contributed by atoms with E-state index in [-0.39, 0.29) is 28.9 Å². The first-order valence-corrected chi connectivity index (χ1v) is 8.66. The minimum Gasteiger partial charge on any atom is -0.462 e. The summed E-state index contributed by atoms with van der Waals surface area (Å²) in [6.45, 7) is 4.01. The molecular weight excluding hydrogens is 346 g/mol. The van der Waals surface area contributed by atoms with Crippen LogP contribution in [-0.4, -0.2) is 37.0 Å². The second kappa shape index (κ2) is 6.64. The predicted molar refractivity (Wildman–Crippen MR) is 99.2 cm³/mol. The van der Waals surface area contributed by atoms with Gasteiger partial charge in [0.2, 0.25) is 0 Å². The number of hydrogen-bond donors (Lipinski definition) is 0. The van der Waals surface area contributed by atoms with Crippen molar-refractivity contribution in [3.63, 3.8) is 0 Å². The summed E-state index contributed by atoms with van der Waals surface area (Å²) in [5, 5.41) is 12.3. The lowest BCUT2D eigenvalue weighted by atomic mass is 10.1. The summed E-state index contributed by atoms with van der Waals surface area (Å²) in [7, 11) is 0. The molecule has 8 nitrogen and oxygen atoms in total. The van der Waals surface area contributed by atoms with Crippen molar-refractivity contribution in [1.29, 1.82) is 0 Å². The van der Waals surface area contributed by atoms with Gasteiger partial charge in [0.15, 0.2) is 11.2 Å². The summed E-state index contributed by atoms with van der Waals surface area (Å²) in [4.78, 5) is 25.0. The molecule has 1 aromatic carbocycles. The van der Waals surface area contributed by atoms with Crippen molar-refractivity contribution in [3.8, 4) is 5.69 Å². The van der Waals surface area contributed by atoms with Gasteiger partial charge in [-0.15, -0.1) is 10.2 Å². The van der Waals surface area contributed by atoms with Crippen LogP contribution in [0.5, 0.6) is 0 Å². The van der Waals surface area contributed by atoms with Crippen LogP contribution in [0.4, 0.5) is 0 Å². The fraction of sp³-hybridized carbons (Fsp3) is 0.211. The van der Waals surface area contributed by atoms with Crippen molar-refractivity contribution in [3.05, 3.63) is 64.2 Å². The molecule has 0 saturated carbocycles. The Bertz CT molecular complexity index is 1230. The number of ether oxygens (including phenoxy) is 1. The van der Waals surface area contributed by atoms with Crippen molar-refractivity contribution in [1.82, 2.24) is 24.4 Å². The Morgan fingerprint density at radius 3 is 2.74 bits per heavy atom.